The number of carbonyl (C=O) groups excluding carboxylic acids is 2. The van der Waals surface area contributed by atoms with Crippen molar-refractivity contribution >= 4 is 11.7 Å². The number of piperidine rings is 2. The molecule has 2 aliphatic heterocycles. The van der Waals surface area contributed by atoms with Crippen LogP contribution in [0.1, 0.15) is 20.3 Å². The van der Waals surface area contributed by atoms with Crippen molar-refractivity contribution in [1.82, 2.24) is 10.2 Å². The number of nitrogens with one attached hydrogen (secondary N) is 1. The van der Waals surface area contributed by atoms with E-state index in [0.717, 1.165) is 0 Å². The van der Waals surface area contributed by atoms with Gasteiger partial charge in [0.2, 0.25) is 5.91 Å². The van der Waals surface area contributed by atoms with Crippen molar-refractivity contribution in [1.29, 1.82) is 5.26 Å². The molecular weight excluding hydrogens is 218 g/mol. The number of nitriles is 1. The van der Waals surface area contributed by atoms with Crippen LogP contribution in [0.3, 0.4) is 0 Å². The monoisotopic (exact) mass is 235 g/mol. The van der Waals surface area contributed by atoms with E-state index < -0.39 is 10.8 Å². The van der Waals surface area contributed by atoms with Gasteiger partial charge >= 0.3 is 0 Å². The number of amides is 1. The molecule has 2 rings (SSSR count). The number of ketones is 1. The standard InChI is InChI=1S/C12H17N3O2/c1-11-5-14-6-12(2,10(11)17)8-15(7-11)9(16)3-4-13/h14H,3,5-8H2,1-2H3. The number of fused-ring (bicyclic) bond motifs is 2. The minimum atomic E-state index is -0.504. The third-order valence-corrected chi connectivity index (χ3v) is 3.79. The zero-order chi connectivity index (χ0) is 12.7. The Bertz CT molecular complexity index is 392. The molecule has 1 N–H and O–H groups in total. The second-order valence-electron chi connectivity index (χ2n) is 5.64. The van der Waals surface area contributed by atoms with Crippen LogP contribution in [0.15, 0.2) is 0 Å². The van der Waals surface area contributed by atoms with Gasteiger partial charge in [0.1, 0.15) is 6.42 Å². The first-order valence-electron chi connectivity index (χ1n) is 5.82. The summed E-state index contributed by atoms with van der Waals surface area (Å²) in [6.45, 7) is 5.86. The number of rotatable bonds is 1. The van der Waals surface area contributed by atoms with E-state index in [4.69, 9.17) is 5.26 Å². The van der Waals surface area contributed by atoms with Gasteiger partial charge in [0.15, 0.2) is 5.78 Å². The molecule has 0 aromatic carbocycles. The highest BCUT2D eigenvalue weighted by molar-refractivity contribution is 5.94. The van der Waals surface area contributed by atoms with Crippen LogP contribution < -0.4 is 5.32 Å². The molecule has 2 aliphatic rings. The maximum atomic E-state index is 12.3. The molecule has 2 unspecified atom stereocenters. The van der Waals surface area contributed by atoms with Gasteiger partial charge in [-0.05, 0) is 13.8 Å². The topological polar surface area (TPSA) is 73.2 Å². The third kappa shape index (κ3) is 1.83. The smallest absolute Gasteiger partial charge is 0.236 e. The van der Waals surface area contributed by atoms with Gasteiger partial charge in [0, 0.05) is 26.2 Å². The van der Waals surface area contributed by atoms with Crippen LogP contribution in [0.4, 0.5) is 0 Å². The van der Waals surface area contributed by atoms with Crippen molar-refractivity contribution < 1.29 is 9.59 Å². The lowest BCUT2D eigenvalue weighted by molar-refractivity contribution is -0.155. The summed E-state index contributed by atoms with van der Waals surface area (Å²) in [4.78, 5) is 25.8. The fourth-order valence-corrected chi connectivity index (χ4v) is 3.01. The van der Waals surface area contributed by atoms with Gasteiger partial charge in [-0.2, -0.15) is 5.26 Å². The van der Waals surface area contributed by atoms with Crippen molar-refractivity contribution in [3.8, 4) is 6.07 Å². The molecule has 2 saturated heterocycles. The maximum absolute atomic E-state index is 12.3. The van der Waals surface area contributed by atoms with E-state index in [1.165, 1.54) is 0 Å². The maximum Gasteiger partial charge on any atom is 0.236 e. The Hall–Kier alpha value is -1.41. The second kappa shape index (κ2) is 3.81. The first-order chi connectivity index (χ1) is 7.91. The summed E-state index contributed by atoms with van der Waals surface area (Å²) >= 11 is 0. The van der Waals surface area contributed by atoms with Gasteiger partial charge in [0.25, 0.3) is 0 Å². The molecule has 0 aliphatic carbocycles. The molecular formula is C12H17N3O2. The summed E-state index contributed by atoms with van der Waals surface area (Å²) in [5.74, 6) is 0.0732. The average molecular weight is 235 g/mol. The van der Waals surface area contributed by atoms with E-state index in [-0.39, 0.29) is 18.1 Å². The fourth-order valence-electron chi connectivity index (χ4n) is 3.01. The lowest BCUT2D eigenvalue weighted by atomic mass is 9.65. The van der Waals surface area contributed by atoms with Crippen LogP contribution in [0.25, 0.3) is 0 Å². The SMILES string of the molecule is CC12CNCC(C)(CN(C(=O)CC#N)C1)C2=O. The molecule has 92 valence electrons. The Balaban J connectivity index is 2.25. The summed E-state index contributed by atoms with van der Waals surface area (Å²) in [6, 6.07) is 1.87. The first kappa shape index (κ1) is 12.1. The van der Waals surface area contributed by atoms with E-state index in [9.17, 15) is 9.59 Å². The molecule has 17 heavy (non-hydrogen) atoms. The highest BCUT2D eigenvalue weighted by Gasteiger charge is 2.54. The van der Waals surface area contributed by atoms with Crippen molar-refractivity contribution in [2.75, 3.05) is 26.2 Å². The van der Waals surface area contributed by atoms with Crippen LogP contribution >= 0.6 is 0 Å². The summed E-state index contributed by atoms with van der Waals surface area (Å²) in [7, 11) is 0. The summed E-state index contributed by atoms with van der Waals surface area (Å²) in [6.07, 6.45) is -0.103. The minimum Gasteiger partial charge on any atom is -0.340 e. The Morgan fingerprint density at radius 1 is 1.41 bits per heavy atom. The Kier molecular flexibility index (Phi) is 2.70. The molecule has 0 aromatic rings. The van der Waals surface area contributed by atoms with Gasteiger partial charge < -0.3 is 10.2 Å². The number of carbonyl (C=O) groups is 2. The minimum absolute atomic E-state index is 0.103. The quantitative estimate of drug-likeness (QED) is 0.690. The molecule has 0 aromatic heterocycles. The van der Waals surface area contributed by atoms with Gasteiger partial charge in [0.05, 0.1) is 16.9 Å². The highest BCUT2D eigenvalue weighted by Crippen LogP contribution is 2.39. The van der Waals surface area contributed by atoms with Gasteiger partial charge in [-0.25, -0.2) is 0 Å². The number of nitrogens with zero attached hydrogens (tertiary/aromatic N) is 2. The summed E-state index contributed by atoms with van der Waals surface area (Å²) < 4.78 is 0. The Morgan fingerprint density at radius 2 is 1.94 bits per heavy atom. The molecule has 2 fully saturated rings. The molecule has 5 heteroatoms. The molecule has 0 radical (unpaired) electrons. The summed E-state index contributed by atoms with van der Waals surface area (Å²) in [5.41, 5.74) is -1.01. The fraction of sp³-hybridized carbons (Fsp3) is 0.750. The van der Waals surface area contributed by atoms with E-state index in [0.29, 0.717) is 26.2 Å². The predicted octanol–water partition coefficient (Wildman–Crippen LogP) is -0.0728. The van der Waals surface area contributed by atoms with Crippen LogP contribution in [-0.2, 0) is 9.59 Å². The molecule has 1 amide bonds. The third-order valence-electron chi connectivity index (χ3n) is 3.79. The Labute approximate surface area is 101 Å². The molecule has 2 bridgehead atoms. The first-order valence-corrected chi connectivity index (χ1v) is 5.82. The molecule has 5 nitrogen and oxygen atoms in total. The average Bonchev–Trinajstić information content (AvgIpc) is 2.23. The predicted molar refractivity (Wildman–Crippen MR) is 60.9 cm³/mol. The van der Waals surface area contributed by atoms with Crippen LogP contribution in [0.5, 0.6) is 0 Å². The van der Waals surface area contributed by atoms with E-state index >= 15 is 0 Å². The van der Waals surface area contributed by atoms with Crippen molar-refractivity contribution in [2.45, 2.75) is 20.3 Å². The van der Waals surface area contributed by atoms with Crippen LogP contribution in [0, 0.1) is 22.2 Å². The number of likely N-dealkylation sites (tertiary alicyclic amines) is 1. The van der Waals surface area contributed by atoms with Crippen molar-refractivity contribution in [2.24, 2.45) is 10.8 Å². The van der Waals surface area contributed by atoms with Crippen LogP contribution in [0.2, 0.25) is 0 Å². The largest absolute Gasteiger partial charge is 0.340 e. The molecule has 0 spiro atoms. The zero-order valence-electron chi connectivity index (χ0n) is 10.2. The zero-order valence-corrected chi connectivity index (χ0v) is 10.2. The summed E-state index contributed by atoms with van der Waals surface area (Å²) in [5, 5.41) is 11.8. The lowest BCUT2D eigenvalue weighted by Crippen LogP contribution is -2.68. The van der Waals surface area contributed by atoms with Crippen LogP contribution in [-0.4, -0.2) is 42.8 Å². The van der Waals surface area contributed by atoms with E-state index in [1.807, 2.05) is 19.9 Å². The van der Waals surface area contributed by atoms with E-state index in [2.05, 4.69) is 5.32 Å². The molecule has 2 heterocycles. The molecule has 2 atom stereocenters. The normalized spacial score (nSPS) is 36.5. The highest BCUT2D eigenvalue weighted by atomic mass is 16.2. The Morgan fingerprint density at radius 3 is 2.41 bits per heavy atom. The number of Topliss-reactive ketones (excluding diaryl/α,β-unsaturated/α-hetero) is 1. The number of hydrogen-bond acceptors (Lipinski definition) is 4. The number of hydrogen-bond donors (Lipinski definition) is 1. The van der Waals surface area contributed by atoms with Crippen molar-refractivity contribution in [3.05, 3.63) is 0 Å². The van der Waals surface area contributed by atoms with E-state index in [1.54, 1.807) is 4.90 Å². The van der Waals surface area contributed by atoms with Crippen molar-refractivity contribution in [3.63, 3.8) is 0 Å². The second-order valence-corrected chi connectivity index (χ2v) is 5.64. The lowest BCUT2D eigenvalue weighted by Gasteiger charge is -2.51. The van der Waals surface area contributed by atoms with Gasteiger partial charge in [-0.1, -0.05) is 0 Å². The van der Waals surface area contributed by atoms with Gasteiger partial charge in [-0.3, -0.25) is 9.59 Å². The van der Waals surface area contributed by atoms with Gasteiger partial charge in [-0.15, -0.1) is 0 Å². The molecule has 0 saturated carbocycles.